The Hall–Kier alpha value is -3.98. The number of benzene rings is 1. The number of halogens is 2. The van der Waals surface area contributed by atoms with Crippen molar-refractivity contribution in [2.75, 3.05) is 24.5 Å². The molecule has 0 radical (unpaired) electrons. The number of nitriles is 1. The molecule has 1 saturated heterocycles. The van der Waals surface area contributed by atoms with Gasteiger partial charge in [0.25, 0.3) is 12.6 Å². The molecule has 1 spiro atoms. The van der Waals surface area contributed by atoms with Crippen molar-refractivity contribution in [1.29, 1.82) is 5.26 Å². The predicted octanol–water partition coefficient (Wildman–Crippen LogP) is 4.97. The van der Waals surface area contributed by atoms with Gasteiger partial charge in [-0.05, 0) is 70.6 Å². The second-order valence-corrected chi connectivity index (χ2v) is 12.3. The molecule has 0 bridgehead atoms. The molecule has 13 heteroatoms. The zero-order valence-electron chi connectivity index (χ0n) is 24.4. The minimum Gasteiger partial charge on any atom is -0.490 e. The van der Waals surface area contributed by atoms with E-state index in [1.54, 1.807) is 11.1 Å². The van der Waals surface area contributed by atoms with Gasteiger partial charge in [-0.25, -0.2) is 9.65 Å². The maximum absolute atomic E-state index is 14.1. The number of ether oxygens (including phenoxy) is 2. The summed E-state index contributed by atoms with van der Waals surface area (Å²) in [7, 11) is 0. The molecule has 3 aromatic rings. The highest BCUT2D eigenvalue weighted by Gasteiger charge is 2.54. The number of rotatable bonds is 8. The van der Waals surface area contributed by atoms with Gasteiger partial charge in [0.15, 0.2) is 11.0 Å². The molecule has 1 saturated carbocycles. The summed E-state index contributed by atoms with van der Waals surface area (Å²) in [6, 6.07) is 5.52. The van der Waals surface area contributed by atoms with Crippen LogP contribution < -0.4 is 14.4 Å². The first-order valence-electron chi connectivity index (χ1n) is 14.6. The molecule has 222 valence electrons. The van der Waals surface area contributed by atoms with Crippen molar-refractivity contribution < 1.29 is 18.7 Å². The maximum Gasteiger partial charge on any atom is 0.343 e. The van der Waals surface area contributed by atoms with Gasteiger partial charge in [0.2, 0.25) is 0 Å². The normalized spacial score (nSPS) is 17.1. The molecular formula is C30H32BClFN7O3. The van der Waals surface area contributed by atoms with E-state index >= 15 is 0 Å². The molecule has 1 aliphatic carbocycles. The molecule has 0 atom stereocenters. The second kappa shape index (κ2) is 11.6. The smallest absolute Gasteiger partial charge is 0.343 e. The average molecular weight is 604 g/mol. The number of carbonyl (C=O) groups excluding carboxylic acids is 1. The van der Waals surface area contributed by atoms with E-state index in [0.29, 0.717) is 18.7 Å². The van der Waals surface area contributed by atoms with Gasteiger partial charge in [-0.1, -0.05) is 23.0 Å². The molecule has 2 fully saturated rings. The number of anilines is 1. The fraction of sp³-hybridized carbons (Fsp3) is 0.467. The van der Waals surface area contributed by atoms with E-state index in [4.69, 9.17) is 21.1 Å². The Morgan fingerprint density at radius 3 is 2.79 bits per heavy atom. The van der Waals surface area contributed by atoms with Gasteiger partial charge < -0.3 is 19.3 Å². The van der Waals surface area contributed by atoms with E-state index in [1.165, 1.54) is 12.1 Å². The van der Waals surface area contributed by atoms with Crippen molar-refractivity contribution in [2.24, 2.45) is 5.41 Å². The summed E-state index contributed by atoms with van der Waals surface area (Å²) in [6.07, 6.45) is 6.01. The number of hydrogen-bond acceptors (Lipinski definition) is 9. The van der Waals surface area contributed by atoms with Gasteiger partial charge in [-0.2, -0.15) is 4.98 Å². The number of nitrogens with zero attached hydrogens (tertiary/aromatic N) is 7. The molecular weight excluding hydrogens is 572 g/mol. The van der Waals surface area contributed by atoms with Crippen LogP contribution in [0.1, 0.15) is 55.2 Å². The Morgan fingerprint density at radius 2 is 2.07 bits per heavy atom. The van der Waals surface area contributed by atoms with Crippen molar-refractivity contribution in [3.05, 3.63) is 58.3 Å². The first-order valence-corrected chi connectivity index (χ1v) is 15.0. The van der Waals surface area contributed by atoms with Gasteiger partial charge in [0.1, 0.15) is 23.4 Å². The minimum atomic E-state index is -0.546. The number of aromatic nitrogens is 4. The van der Waals surface area contributed by atoms with Crippen LogP contribution in [0.2, 0.25) is 11.5 Å². The maximum atomic E-state index is 14.1. The Bertz CT molecular complexity index is 1590. The summed E-state index contributed by atoms with van der Waals surface area (Å²) in [5.74, 6) is 2.93. The van der Waals surface area contributed by atoms with Gasteiger partial charge in [0.05, 0.1) is 5.56 Å². The van der Waals surface area contributed by atoms with Crippen molar-refractivity contribution in [3.8, 4) is 23.5 Å². The molecule has 1 aromatic carbocycles. The molecule has 6 rings (SSSR count). The van der Waals surface area contributed by atoms with Crippen molar-refractivity contribution >= 4 is 30.0 Å². The highest BCUT2D eigenvalue weighted by Crippen LogP contribution is 2.51. The summed E-state index contributed by atoms with van der Waals surface area (Å²) in [5.41, 5.74) is 2.29. The van der Waals surface area contributed by atoms with Gasteiger partial charge in [-0.15, -0.1) is 5.10 Å². The summed E-state index contributed by atoms with van der Waals surface area (Å²) in [4.78, 5) is 25.8. The van der Waals surface area contributed by atoms with E-state index in [2.05, 4.69) is 26.1 Å². The fourth-order valence-corrected chi connectivity index (χ4v) is 6.66. The molecule has 2 aliphatic heterocycles. The van der Waals surface area contributed by atoms with Crippen LogP contribution in [0.25, 0.3) is 0 Å². The number of amides is 1. The van der Waals surface area contributed by atoms with Gasteiger partial charge in [0, 0.05) is 54.5 Å². The van der Waals surface area contributed by atoms with Crippen molar-refractivity contribution in [2.45, 2.75) is 64.8 Å². The number of carbonyl (C=O) groups is 1. The Kier molecular flexibility index (Phi) is 7.86. The van der Waals surface area contributed by atoms with E-state index < -0.39 is 5.82 Å². The van der Waals surface area contributed by atoms with E-state index in [-0.39, 0.29) is 52.7 Å². The Balaban J connectivity index is 1.11. The summed E-state index contributed by atoms with van der Waals surface area (Å²) in [5, 5.41) is 17.5. The fourth-order valence-electron chi connectivity index (χ4n) is 6.46. The lowest BCUT2D eigenvalue weighted by molar-refractivity contribution is -0.0347. The third-order valence-corrected chi connectivity index (χ3v) is 8.88. The molecule has 3 aliphatic rings. The highest BCUT2D eigenvalue weighted by atomic mass is 35.5. The van der Waals surface area contributed by atoms with Crippen LogP contribution in [0.3, 0.4) is 0 Å². The van der Waals surface area contributed by atoms with E-state index in [0.717, 1.165) is 61.7 Å². The standard InChI is InChI=1S/C30H32BClFN7O3/c1-4-40(18(2)3)28(41)21-11-19(33)5-6-24(21)43-29-36-27(26(32)37-38-29)39-15-30(16-39)12-20(13-30)42-25-8-10-35-23-7-9-31(17-34)14-22(23)25/h5-6,8,10-11,18,20H,4,7,9,12-16H2,1-3H3. The van der Waals surface area contributed by atoms with Crippen LogP contribution in [0, 0.1) is 22.5 Å². The number of hydrogen-bond donors (Lipinski definition) is 0. The quantitative estimate of drug-likeness (QED) is 0.329. The Labute approximate surface area is 255 Å². The molecule has 1 amide bonds. The third-order valence-electron chi connectivity index (χ3n) is 8.64. The van der Waals surface area contributed by atoms with Crippen LogP contribution in [0.5, 0.6) is 17.5 Å². The molecule has 0 unspecified atom stereocenters. The van der Waals surface area contributed by atoms with E-state index in [9.17, 15) is 14.4 Å². The lowest BCUT2D eigenvalue weighted by Crippen LogP contribution is -2.65. The summed E-state index contributed by atoms with van der Waals surface area (Å²) in [6.45, 7) is 7.59. The van der Waals surface area contributed by atoms with Gasteiger partial charge in [-0.3, -0.25) is 9.78 Å². The SMILES string of the molecule is CCN(C(=O)c1cc(F)ccc1Oc1nnc(Cl)c(N2CC3(CC(Oc4ccnc5c4CB(C#N)CC5)C3)C2)n1)C(C)C. The molecule has 2 aromatic heterocycles. The van der Waals surface area contributed by atoms with Crippen LogP contribution in [0.4, 0.5) is 10.2 Å². The number of fused-ring (bicyclic) bond motifs is 1. The van der Waals surface area contributed by atoms with Gasteiger partial charge >= 0.3 is 6.01 Å². The molecule has 4 heterocycles. The zero-order valence-corrected chi connectivity index (χ0v) is 25.1. The number of aryl methyl sites for hydroxylation is 1. The monoisotopic (exact) mass is 603 g/mol. The summed E-state index contributed by atoms with van der Waals surface area (Å²) >= 11 is 6.39. The zero-order chi connectivity index (χ0) is 30.3. The highest BCUT2D eigenvalue weighted by molar-refractivity contribution is 6.66. The first kappa shape index (κ1) is 29.1. The van der Waals surface area contributed by atoms with E-state index in [1.807, 2.05) is 31.7 Å². The molecule has 43 heavy (non-hydrogen) atoms. The first-order chi connectivity index (χ1) is 20.7. The third kappa shape index (κ3) is 5.70. The van der Waals surface area contributed by atoms with Crippen LogP contribution >= 0.6 is 11.6 Å². The lowest BCUT2D eigenvalue weighted by Gasteiger charge is -2.58. The van der Waals surface area contributed by atoms with Crippen LogP contribution in [-0.2, 0) is 12.7 Å². The average Bonchev–Trinajstić information content (AvgIpc) is 2.95. The van der Waals surface area contributed by atoms with Crippen LogP contribution in [-0.4, -0.2) is 69.5 Å². The van der Waals surface area contributed by atoms with Crippen molar-refractivity contribution in [3.63, 3.8) is 0 Å². The second-order valence-electron chi connectivity index (χ2n) is 11.9. The summed E-state index contributed by atoms with van der Waals surface area (Å²) < 4.78 is 26.4. The largest absolute Gasteiger partial charge is 0.490 e. The van der Waals surface area contributed by atoms with Crippen LogP contribution in [0.15, 0.2) is 30.5 Å². The van der Waals surface area contributed by atoms with Crippen molar-refractivity contribution in [1.82, 2.24) is 25.1 Å². The lowest BCUT2D eigenvalue weighted by atomic mass is 9.42. The predicted molar refractivity (Wildman–Crippen MR) is 159 cm³/mol. The minimum absolute atomic E-state index is 0.00766. The molecule has 10 nitrogen and oxygen atoms in total. The Morgan fingerprint density at radius 1 is 1.28 bits per heavy atom. The number of pyridine rings is 1. The molecule has 0 N–H and O–H groups in total. The topological polar surface area (TPSA) is 117 Å².